The summed E-state index contributed by atoms with van der Waals surface area (Å²) < 4.78 is 7.48. The Morgan fingerprint density at radius 1 is 1.13 bits per heavy atom. The zero-order valence-electron chi connectivity index (χ0n) is 22.9. The number of hydrogen-bond donors (Lipinski definition) is 1. The van der Waals surface area contributed by atoms with Crippen LogP contribution in [-0.4, -0.2) is 42.8 Å². The molecular weight excluding hydrogens is 500 g/mol. The molecule has 0 radical (unpaired) electrons. The minimum absolute atomic E-state index is 0.146. The molecule has 8 nitrogen and oxygen atoms in total. The van der Waals surface area contributed by atoms with Gasteiger partial charge in [-0.05, 0) is 52.7 Å². The molecule has 1 aliphatic heterocycles. The summed E-state index contributed by atoms with van der Waals surface area (Å²) in [6.07, 6.45) is 6.81. The fraction of sp³-hybridized carbons (Fsp3) is 0.414. The Labute approximate surface area is 228 Å². The van der Waals surface area contributed by atoms with Crippen LogP contribution in [0.5, 0.6) is 0 Å². The molecule has 0 amide bonds. The molecule has 4 heterocycles. The van der Waals surface area contributed by atoms with Crippen LogP contribution in [-0.2, 0) is 11.3 Å². The zero-order chi connectivity index (χ0) is 27.4. The van der Waals surface area contributed by atoms with Crippen LogP contribution >= 0.6 is 11.6 Å². The number of ether oxygens (including phenoxy) is 1. The van der Waals surface area contributed by atoms with Crippen molar-refractivity contribution < 1.29 is 4.74 Å². The Balaban J connectivity index is 0.00000164. The summed E-state index contributed by atoms with van der Waals surface area (Å²) in [6.45, 7) is 13.2. The lowest BCUT2D eigenvalue weighted by Crippen LogP contribution is -2.40. The fourth-order valence-corrected chi connectivity index (χ4v) is 5.11. The van der Waals surface area contributed by atoms with Crippen LogP contribution in [0.25, 0.3) is 33.4 Å². The molecule has 0 spiro atoms. The second-order valence-electron chi connectivity index (χ2n) is 9.71. The lowest BCUT2D eigenvalue weighted by molar-refractivity contribution is -0.0553. The Bertz CT molecular complexity index is 1500. The fourth-order valence-electron chi connectivity index (χ4n) is 4.82. The van der Waals surface area contributed by atoms with Crippen molar-refractivity contribution in [1.29, 1.82) is 0 Å². The molecule has 9 heteroatoms. The van der Waals surface area contributed by atoms with Crippen molar-refractivity contribution in [2.75, 3.05) is 11.9 Å². The van der Waals surface area contributed by atoms with Crippen molar-refractivity contribution in [3.8, 4) is 22.4 Å². The van der Waals surface area contributed by atoms with Crippen LogP contribution in [0.1, 0.15) is 53.2 Å². The van der Waals surface area contributed by atoms with E-state index in [2.05, 4.69) is 34.1 Å². The van der Waals surface area contributed by atoms with Crippen LogP contribution in [0.4, 0.5) is 5.95 Å². The minimum Gasteiger partial charge on any atom is -0.375 e. The first kappa shape index (κ1) is 27.7. The van der Waals surface area contributed by atoms with Gasteiger partial charge in [0.15, 0.2) is 0 Å². The van der Waals surface area contributed by atoms with E-state index in [4.69, 9.17) is 21.3 Å². The molecule has 1 saturated heterocycles. The number of benzene rings is 1. The summed E-state index contributed by atoms with van der Waals surface area (Å²) >= 11 is 6.69. The second kappa shape index (κ2) is 11.6. The van der Waals surface area contributed by atoms with Crippen molar-refractivity contribution in [1.82, 2.24) is 24.5 Å². The van der Waals surface area contributed by atoms with Gasteiger partial charge in [0.2, 0.25) is 5.95 Å². The van der Waals surface area contributed by atoms with Crippen molar-refractivity contribution >= 4 is 28.6 Å². The number of fused-ring (bicyclic) bond motifs is 1. The third-order valence-corrected chi connectivity index (χ3v) is 6.90. The van der Waals surface area contributed by atoms with E-state index in [1.54, 1.807) is 23.2 Å². The number of pyridine rings is 1. The predicted octanol–water partition coefficient (Wildman–Crippen LogP) is 6.29. The molecule has 0 bridgehead atoms. The SMILES string of the molecule is CC.CCn1c(=O)c(-c2ccc(-c3nccnc3C)cc2Cl)cc2cnc(NC3CCOC(C)(C)C3)nc21. The summed E-state index contributed by atoms with van der Waals surface area (Å²) in [6, 6.07) is 7.63. The largest absolute Gasteiger partial charge is 0.375 e. The van der Waals surface area contributed by atoms with Gasteiger partial charge in [0.05, 0.1) is 17.0 Å². The molecular formula is C29H35ClN6O2. The number of anilines is 1. The standard InChI is InChI=1S/C27H29ClN6O2.C2H6/c1-5-34-24-18(15-31-26(33-24)32-19-8-11-36-27(3,4)14-19)12-21(25(34)35)20-7-6-17(13-22(20)28)23-16(2)29-9-10-30-23;1-2/h6-7,9-10,12-13,15,19H,5,8,11,14H2,1-4H3,(H,31,32,33);1-2H3. The molecule has 5 rings (SSSR count). The first-order chi connectivity index (χ1) is 18.3. The Hall–Kier alpha value is -3.36. The van der Waals surface area contributed by atoms with Gasteiger partial charge in [-0.2, -0.15) is 4.98 Å². The molecule has 3 aromatic heterocycles. The van der Waals surface area contributed by atoms with Crippen LogP contribution in [0.3, 0.4) is 0 Å². The highest BCUT2D eigenvalue weighted by molar-refractivity contribution is 6.33. The van der Waals surface area contributed by atoms with E-state index in [1.165, 1.54) is 0 Å². The van der Waals surface area contributed by atoms with Gasteiger partial charge in [-0.15, -0.1) is 0 Å². The zero-order valence-corrected chi connectivity index (χ0v) is 23.6. The van der Waals surface area contributed by atoms with E-state index in [0.29, 0.717) is 40.9 Å². The summed E-state index contributed by atoms with van der Waals surface area (Å²) in [5.74, 6) is 0.515. The molecule has 0 saturated carbocycles. The van der Waals surface area contributed by atoms with Gasteiger partial charge in [-0.25, -0.2) is 4.98 Å². The van der Waals surface area contributed by atoms with Crippen LogP contribution in [0, 0.1) is 6.92 Å². The topological polar surface area (TPSA) is 94.8 Å². The number of halogens is 1. The molecule has 200 valence electrons. The van der Waals surface area contributed by atoms with Gasteiger partial charge >= 0.3 is 0 Å². The molecule has 1 atom stereocenters. The van der Waals surface area contributed by atoms with E-state index in [0.717, 1.165) is 35.2 Å². The number of nitrogens with zero attached hydrogens (tertiary/aromatic N) is 5. The molecule has 1 aromatic carbocycles. The first-order valence-electron chi connectivity index (χ1n) is 13.1. The number of aryl methyl sites for hydroxylation is 2. The Morgan fingerprint density at radius 2 is 1.89 bits per heavy atom. The average molecular weight is 535 g/mol. The Morgan fingerprint density at radius 3 is 2.58 bits per heavy atom. The lowest BCUT2D eigenvalue weighted by atomic mass is 9.94. The summed E-state index contributed by atoms with van der Waals surface area (Å²) in [5, 5.41) is 4.67. The highest BCUT2D eigenvalue weighted by atomic mass is 35.5. The van der Waals surface area contributed by atoms with Crippen LogP contribution < -0.4 is 10.9 Å². The maximum Gasteiger partial charge on any atom is 0.260 e. The van der Waals surface area contributed by atoms with Gasteiger partial charge in [-0.3, -0.25) is 19.3 Å². The summed E-state index contributed by atoms with van der Waals surface area (Å²) in [4.78, 5) is 31.5. The third kappa shape index (κ3) is 5.71. The van der Waals surface area contributed by atoms with Crippen LogP contribution in [0.15, 0.2) is 47.7 Å². The van der Waals surface area contributed by atoms with Gasteiger partial charge in [-0.1, -0.05) is 37.6 Å². The highest BCUT2D eigenvalue weighted by Gasteiger charge is 2.29. The highest BCUT2D eigenvalue weighted by Crippen LogP contribution is 2.32. The van der Waals surface area contributed by atoms with Gasteiger partial charge in [0.25, 0.3) is 5.56 Å². The monoisotopic (exact) mass is 534 g/mol. The van der Waals surface area contributed by atoms with Crippen molar-refractivity contribution in [2.24, 2.45) is 0 Å². The molecule has 1 fully saturated rings. The van der Waals surface area contributed by atoms with E-state index >= 15 is 0 Å². The second-order valence-corrected chi connectivity index (χ2v) is 10.1. The van der Waals surface area contributed by atoms with E-state index < -0.39 is 0 Å². The minimum atomic E-state index is -0.187. The molecule has 4 aromatic rings. The van der Waals surface area contributed by atoms with Crippen molar-refractivity contribution in [3.63, 3.8) is 0 Å². The number of nitrogens with one attached hydrogen (secondary N) is 1. The summed E-state index contributed by atoms with van der Waals surface area (Å²) in [7, 11) is 0. The van der Waals surface area contributed by atoms with Crippen molar-refractivity contribution in [3.05, 3.63) is 63.9 Å². The van der Waals surface area contributed by atoms with Gasteiger partial charge in [0.1, 0.15) is 5.65 Å². The maximum absolute atomic E-state index is 13.5. The lowest BCUT2D eigenvalue weighted by Gasteiger charge is -2.35. The number of hydrogen-bond acceptors (Lipinski definition) is 7. The Kier molecular flexibility index (Phi) is 8.43. The van der Waals surface area contributed by atoms with Crippen LogP contribution in [0.2, 0.25) is 5.02 Å². The number of aromatic nitrogens is 5. The van der Waals surface area contributed by atoms with E-state index in [1.807, 2.05) is 52.0 Å². The smallest absolute Gasteiger partial charge is 0.260 e. The predicted molar refractivity (Wildman–Crippen MR) is 154 cm³/mol. The third-order valence-electron chi connectivity index (χ3n) is 6.59. The molecule has 0 aliphatic carbocycles. The van der Waals surface area contributed by atoms with Gasteiger partial charge < -0.3 is 10.1 Å². The molecule has 1 aliphatic rings. The normalized spacial score (nSPS) is 16.6. The molecule has 1 unspecified atom stereocenters. The van der Waals surface area contributed by atoms with Gasteiger partial charge in [0, 0.05) is 64.9 Å². The quantitative estimate of drug-likeness (QED) is 0.321. The molecule has 1 N–H and O–H groups in total. The average Bonchev–Trinajstić information content (AvgIpc) is 2.89. The first-order valence-corrected chi connectivity index (χ1v) is 13.5. The summed E-state index contributed by atoms with van der Waals surface area (Å²) in [5.41, 5.74) is 3.85. The van der Waals surface area contributed by atoms with E-state index in [-0.39, 0.29) is 17.2 Å². The van der Waals surface area contributed by atoms with E-state index in [9.17, 15) is 4.79 Å². The molecule has 38 heavy (non-hydrogen) atoms. The number of rotatable bonds is 5. The van der Waals surface area contributed by atoms with Crippen molar-refractivity contribution in [2.45, 2.75) is 72.6 Å². The maximum atomic E-state index is 13.5.